The van der Waals surface area contributed by atoms with Crippen LogP contribution >= 0.6 is 0 Å². The van der Waals surface area contributed by atoms with Crippen molar-refractivity contribution < 1.29 is 4.74 Å². The van der Waals surface area contributed by atoms with Crippen molar-refractivity contribution in [3.8, 4) is 5.75 Å². The Morgan fingerprint density at radius 2 is 2.00 bits per heavy atom. The minimum absolute atomic E-state index is 0.00995. The van der Waals surface area contributed by atoms with Gasteiger partial charge in [-0.25, -0.2) is 0 Å². The van der Waals surface area contributed by atoms with Gasteiger partial charge in [0.05, 0.1) is 12.2 Å². The van der Waals surface area contributed by atoms with Crippen LogP contribution in [0.4, 0.5) is 5.69 Å². The normalized spacial score (nSPS) is 27.5. The molecule has 0 saturated heterocycles. The molecule has 4 aliphatic heterocycles. The van der Waals surface area contributed by atoms with Crippen molar-refractivity contribution in [1.29, 1.82) is 0 Å². The van der Waals surface area contributed by atoms with Crippen molar-refractivity contribution in [3.05, 3.63) is 111 Å². The minimum atomic E-state index is 0.00995. The smallest absolute Gasteiger partial charge is 0.225 e. The fourth-order valence-electron chi connectivity index (χ4n) is 9.77. The number of hydrogen-bond donors (Lipinski definition) is 0. The Morgan fingerprint density at radius 1 is 1.12 bits per heavy atom. The maximum Gasteiger partial charge on any atom is 0.225 e. The van der Waals surface area contributed by atoms with Crippen LogP contribution in [0.3, 0.4) is 0 Å². The Bertz CT molecular complexity index is 2100. The SMILES string of the molecule is CCCCC1CC=C2Oc3ccc4c5c(n6c4c3[N+]3([N-]C=C(C4C(CC)=CC=CC4CC)C=NC(=C23)C1)N1CC=C(C(C)(C)C)C=C16)C=CCC5. The van der Waals surface area contributed by atoms with Gasteiger partial charge in [0.2, 0.25) is 11.4 Å². The summed E-state index contributed by atoms with van der Waals surface area (Å²) in [4.78, 5) is 5.58. The highest BCUT2D eigenvalue weighted by Gasteiger charge is 2.55. The van der Waals surface area contributed by atoms with Gasteiger partial charge in [-0.1, -0.05) is 90.3 Å². The number of hydrogen-bond acceptors (Lipinski definition) is 3. The van der Waals surface area contributed by atoms with Crippen molar-refractivity contribution in [3.63, 3.8) is 0 Å². The Balaban J connectivity index is 1.37. The topological polar surface area (TPSA) is 43.9 Å². The molecule has 4 unspecified atom stereocenters. The highest BCUT2D eigenvalue weighted by molar-refractivity contribution is 6.04. The van der Waals surface area contributed by atoms with E-state index in [1.165, 1.54) is 64.0 Å². The lowest BCUT2D eigenvalue weighted by atomic mass is 9.75. The second kappa shape index (κ2) is 12.2. The van der Waals surface area contributed by atoms with Crippen LogP contribution in [-0.2, 0) is 6.42 Å². The number of unbranched alkanes of at least 4 members (excludes halogenated alkanes) is 1. The summed E-state index contributed by atoms with van der Waals surface area (Å²) < 4.78 is 9.85. The lowest BCUT2D eigenvalue weighted by Crippen LogP contribution is -2.62. The Kier molecular flexibility index (Phi) is 7.77. The van der Waals surface area contributed by atoms with Gasteiger partial charge in [0.15, 0.2) is 17.3 Å². The molecule has 0 fully saturated rings. The summed E-state index contributed by atoms with van der Waals surface area (Å²) >= 11 is 0. The zero-order chi connectivity index (χ0) is 35.1. The van der Waals surface area contributed by atoms with Crippen molar-refractivity contribution >= 4 is 34.7 Å². The Hall–Kier alpha value is -4.29. The van der Waals surface area contributed by atoms with Gasteiger partial charge in [0.25, 0.3) is 0 Å². The van der Waals surface area contributed by atoms with Crippen LogP contribution in [-0.4, -0.2) is 22.3 Å². The molecule has 51 heavy (non-hydrogen) atoms. The Morgan fingerprint density at radius 3 is 2.80 bits per heavy atom. The third-order valence-electron chi connectivity index (χ3n) is 12.4. The summed E-state index contributed by atoms with van der Waals surface area (Å²) in [5.74, 6) is 4.18. The molecule has 6 heteroatoms. The third-order valence-corrected chi connectivity index (χ3v) is 12.4. The molecule has 0 bridgehead atoms. The van der Waals surface area contributed by atoms with E-state index in [0.29, 0.717) is 11.8 Å². The number of aryl methyl sites for hydroxylation is 1. The highest BCUT2D eigenvalue weighted by Crippen LogP contribution is 2.61. The zero-order valence-electron chi connectivity index (χ0n) is 31.4. The van der Waals surface area contributed by atoms with Gasteiger partial charge in [0, 0.05) is 17.5 Å². The molecule has 1 spiro atoms. The van der Waals surface area contributed by atoms with Gasteiger partial charge in [-0.2, -0.15) is 9.71 Å². The molecule has 264 valence electrons. The quantitative estimate of drug-likeness (QED) is 0.285. The molecule has 1 aromatic heterocycles. The molecule has 7 aliphatic rings. The van der Waals surface area contributed by atoms with E-state index in [2.05, 4.69) is 124 Å². The van der Waals surface area contributed by atoms with E-state index in [0.717, 1.165) is 73.7 Å². The predicted molar refractivity (Wildman–Crippen MR) is 212 cm³/mol. The molecule has 2 aromatic rings. The van der Waals surface area contributed by atoms with E-state index in [1.807, 2.05) is 0 Å². The largest absolute Gasteiger partial charge is 0.456 e. The summed E-state index contributed by atoms with van der Waals surface area (Å²) in [7, 11) is 0. The summed E-state index contributed by atoms with van der Waals surface area (Å²) in [6.45, 7) is 14.6. The zero-order valence-corrected chi connectivity index (χ0v) is 31.4. The maximum absolute atomic E-state index is 7.08. The van der Waals surface area contributed by atoms with Gasteiger partial charge in [-0.15, -0.1) is 6.20 Å². The summed E-state index contributed by atoms with van der Waals surface area (Å²) in [5.41, 5.74) is 17.3. The monoisotopic (exact) mass is 679 g/mol. The van der Waals surface area contributed by atoms with Crippen LogP contribution in [0.25, 0.3) is 28.2 Å². The van der Waals surface area contributed by atoms with Crippen LogP contribution in [0.1, 0.15) is 104 Å². The van der Waals surface area contributed by atoms with Crippen molar-refractivity contribution in [2.24, 2.45) is 28.2 Å². The van der Waals surface area contributed by atoms with Crippen LogP contribution in [0, 0.1) is 23.2 Å². The van der Waals surface area contributed by atoms with Gasteiger partial charge in [-0.05, 0) is 109 Å². The molecule has 5 heterocycles. The first kappa shape index (κ1) is 32.6. The molecular weight excluding hydrogens is 627 g/mol. The van der Waals surface area contributed by atoms with Crippen LogP contribution in [0.2, 0.25) is 0 Å². The molecule has 0 radical (unpaired) electrons. The number of rotatable bonds is 6. The molecule has 0 saturated carbocycles. The van der Waals surface area contributed by atoms with E-state index in [4.69, 9.17) is 15.2 Å². The van der Waals surface area contributed by atoms with E-state index >= 15 is 0 Å². The Labute approximate surface area is 304 Å². The average Bonchev–Trinajstić information content (AvgIpc) is 3.37. The first-order chi connectivity index (χ1) is 24.8. The molecule has 0 N–H and O–H groups in total. The third kappa shape index (κ3) is 4.81. The lowest BCUT2D eigenvalue weighted by molar-refractivity contribution is 0.103. The molecule has 6 nitrogen and oxygen atoms in total. The summed E-state index contributed by atoms with van der Waals surface area (Å²) in [5, 5.41) is 3.86. The molecule has 4 atom stereocenters. The maximum atomic E-state index is 7.08. The predicted octanol–water partition coefficient (Wildman–Crippen LogP) is 11.8. The molecule has 0 amide bonds. The molecule has 9 rings (SSSR count). The van der Waals surface area contributed by atoms with Crippen molar-refractivity contribution in [2.75, 3.05) is 6.54 Å². The second-order valence-corrected chi connectivity index (χ2v) is 16.5. The summed E-state index contributed by atoms with van der Waals surface area (Å²) in [6.07, 6.45) is 33.0. The minimum Gasteiger partial charge on any atom is -0.456 e. The molecular formula is C45H53N5O. The van der Waals surface area contributed by atoms with Gasteiger partial charge < -0.3 is 10.2 Å². The summed E-state index contributed by atoms with van der Waals surface area (Å²) in [6, 6.07) is 4.54. The molecule has 1 aromatic carbocycles. The second-order valence-electron chi connectivity index (χ2n) is 16.5. The fraction of sp³-hybridized carbons (Fsp3) is 0.444. The van der Waals surface area contributed by atoms with Crippen LogP contribution in [0.15, 0.2) is 99.7 Å². The number of allylic oxidation sites excluding steroid dienone is 10. The standard InChI is InChI=1S/C45H53N5O/c1-7-10-14-29-19-21-38-43-36(25-29)46-27-32(41-30(8-2)15-13-16-31(41)9-3)28-47-50(43)44-39(51-38)22-20-35-34-17-11-12-18-37(34)49(42(35)44)40-26-33(45(4,5)6)23-24-48(40)50/h12-13,15-16,18,20-23,26-30,41H,7-11,14,17,19,24-25H2,1-6H3. The van der Waals surface area contributed by atoms with Gasteiger partial charge in [-0.3, -0.25) is 9.56 Å². The van der Waals surface area contributed by atoms with Gasteiger partial charge >= 0.3 is 0 Å². The lowest BCUT2D eigenvalue weighted by Gasteiger charge is -2.59. The first-order valence-corrected chi connectivity index (χ1v) is 19.7. The van der Waals surface area contributed by atoms with Crippen LogP contribution in [0.5, 0.6) is 5.75 Å². The number of fused-ring (bicyclic) bond motifs is 5. The van der Waals surface area contributed by atoms with E-state index < -0.39 is 0 Å². The van der Waals surface area contributed by atoms with Crippen molar-refractivity contribution in [2.45, 2.75) is 99.3 Å². The fourth-order valence-corrected chi connectivity index (χ4v) is 9.77. The van der Waals surface area contributed by atoms with Crippen molar-refractivity contribution in [1.82, 2.24) is 14.3 Å². The number of quaternary nitrogens is 1. The highest BCUT2D eigenvalue weighted by atomic mass is 16.5. The van der Waals surface area contributed by atoms with E-state index in [-0.39, 0.29) is 16.0 Å². The first-order valence-electron chi connectivity index (χ1n) is 19.7. The number of aliphatic imine (C=N–C) groups is 1. The average molecular weight is 680 g/mol. The number of nitrogens with zero attached hydrogens (tertiary/aromatic N) is 5. The molecule has 3 aliphatic carbocycles. The van der Waals surface area contributed by atoms with E-state index in [9.17, 15) is 0 Å². The van der Waals surface area contributed by atoms with Gasteiger partial charge in [0.1, 0.15) is 11.2 Å². The van der Waals surface area contributed by atoms with Crippen LogP contribution < -0.4 is 9.44 Å². The number of benzene rings is 1. The number of aromatic nitrogens is 1. The van der Waals surface area contributed by atoms with E-state index in [1.54, 1.807) is 0 Å². The number of ether oxygens (including phenoxy) is 1.